The Labute approximate surface area is 107 Å². The summed E-state index contributed by atoms with van der Waals surface area (Å²) in [6.45, 7) is 1.30. The molecule has 0 heterocycles. The smallest absolute Gasteiger partial charge is 0.251 e. The molecular weight excluding hydrogens is 232 g/mol. The first-order valence-electron chi connectivity index (χ1n) is 5.83. The number of ether oxygens (including phenoxy) is 1. The van der Waals surface area contributed by atoms with E-state index in [2.05, 4.69) is 10.6 Å². The number of hydrogen-bond acceptors (Lipinski definition) is 3. The van der Waals surface area contributed by atoms with E-state index in [1.165, 1.54) is 0 Å². The zero-order valence-corrected chi connectivity index (χ0v) is 10.4. The molecule has 0 saturated heterocycles. The Kier molecular flexibility index (Phi) is 6.50. The molecule has 0 aliphatic rings. The van der Waals surface area contributed by atoms with Crippen LogP contribution in [0.2, 0.25) is 0 Å². The SMILES string of the molecule is COCCNC(=O)CCNC(=O)c1ccccc1. The molecule has 0 saturated carbocycles. The van der Waals surface area contributed by atoms with Crippen molar-refractivity contribution in [1.29, 1.82) is 0 Å². The Bertz CT molecular complexity index is 379. The van der Waals surface area contributed by atoms with Crippen molar-refractivity contribution in [2.24, 2.45) is 0 Å². The van der Waals surface area contributed by atoms with Gasteiger partial charge >= 0.3 is 0 Å². The van der Waals surface area contributed by atoms with Gasteiger partial charge in [-0.25, -0.2) is 0 Å². The van der Waals surface area contributed by atoms with Crippen LogP contribution >= 0.6 is 0 Å². The molecule has 0 aliphatic carbocycles. The van der Waals surface area contributed by atoms with E-state index in [1.807, 2.05) is 6.07 Å². The molecule has 5 nitrogen and oxygen atoms in total. The van der Waals surface area contributed by atoms with Gasteiger partial charge in [0.25, 0.3) is 5.91 Å². The zero-order chi connectivity index (χ0) is 13.2. The van der Waals surface area contributed by atoms with Crippen LogP contribution in [0.25, 0.3) is 0 Å². The highest BCUT2D eigenvalue weighted by atomic mass is 16.5. The monoisotopic (exact) mass is 250 g/mol. The molecule has 1 aromatic carbocycles. The first-order valence-corrected chi connectivity index (χ1v) is 5.83. The largest absolute Gasteiger partial charge is 0.383 e. The minimum absolute atomic E-state index is 0.0968. The lowest BCUT2D eigenvalue weighted by Gasteiger charge is -2.06. The molecule has 98 valence electrons. The van der Waals surface area contributed by atoms with E-state index in [4.69, 9.17) is 4.74 Å². The normalized spacial score (nSPS) is 9.83. The standard InChI is InChI=1S/C13H18N2O3/c1-18-10-9-14-12(16)7-8-15-13(17)11-5-3-2-4-6-11/h2-6H,7-10H2,1H3,(H,14,16)(H,15,17). The molecule has 5 heteroatoms. The minimum atomic E-state index is -0.166. The van der Waals surface area contributed by atoms with Gasteiger partial charge in [-0.05, 0) is 12.1 Å². The fourth-order valence-corrected chi connectivity index (χ4v) is 1.36. The lowest BCUT2D eigenvalue weighted by Crippen LogP contribution is -2.32. The van der Waals surface area contributed by atoms with Crippen LogP contribution < -0.4 is 10.6 Å². The highest BCUT2D eigenvalue weighted by molar-refractivity contribution is 5.94. The topological polar surface area (TPSA) is 67.4 Å². The lowest BCUT2D eigenvalue weighted by molar-refractivity contribution is -0.121. The Hall–Kier alpha value is -1.88. The number of rotatable bonds is 7. The van der Waals surface area contributed by atoms with E-state index >= 15 is 0 Å². The van der Waals surface area contributed by atoms with Crippen LogP contribution in [0.4, 0.5) is 0 Å². The van der Waals surface area contributed by atoms with Gasteiger partial charge in [-0.1, -0.05) is 18.2 Å². The van der Waals surface area contributed by atoms with Crippen molar-refractivity contribution >= 4 is 11.8 Å². The van der Waals surface area contributed by atoms with Gasteiger partial charge in [-0.2, -0.15) is 0 Å². The first-order chi connectivity index (χ1) is 8.74. The summed E-state index contributed by atoms with van der Waals surface area (Å²) in [6, 6.07) is 8.90. The summed E-state index contributed by atoms with van der Waals surface area (Å²) in [7, 11) is 1.58. The van der Waals surface area contributed by atoms with Gasteiger partial charge < -0.3 is 15.4 Å². The van der Waals surface area contributed by atoms with Crippen LogP contribution in [0.3, 0.4) is 0 Å². The number of methoxy groups -OCH3 is 1. The molecule has 0 atom stereocenters. The molecule has 1 rings (SSSR count). The van der Waals surface area contributed by atoms with E-state index in [9.17, 15) is 9.59 Å². The van der Waals surface area contributed by atoms with Gasteiger partial charge in [0, 0.05) is 32.2 Å². The van der Waals surface area contributed by atoms with Gasteiger partial charge in [0.2, 0.25) is 5.91 Å². The van der Waals surface area contributed by atoms with Crippen molar-refractivity contribution in [3.05, 3.63) is 35.9 Å². The first kappa shape index (κ1) is 14.2. The summed E-state index contributed by atoms with van der Waals surface area (Å²) in [5.74, 6) is -0.263. The third kappa shape index (κ3) is 5.45. The number of carbonyl (C=O) groups excluding carboxylic acids is 2. The Morgan fingerprint density at radius 2 is 1.83 bits per heavy atom. The Morgan fingerprint density at radius 3 is 2.50 bits per heavy atom. The molecule has 0 aromatic heterocycles. The van der Waals surface area contributed by atoms with Crippen molar-refractivity contribution in [2.75, 3.05) is 26.8 Å². The van der Waals surface area contributed by atoms with Crippen molar-refractivity contribution in [1.82, 2.24) is 10.6 Å². The summed E-state index contributed by atoms with van der Waals surface area (Å²) in [5, 5.41) is 5.37. The van der Waals surface area contributed by atoms with Crippen LogP contribution in [0.15, 0.2) is 30.3 Å². The van der Waals surface area contributed by atoms with Crippen LogP contribution in [0.1, 0.15) is 16.8 Å². The third-order valence-corrected chi connectivity index (χ3v) is 2.30. The average Bonchev–Trinajstić information content (AvgIpc) is 2.40. The molecule has 0 unspecified atom stereocenters. The second kappa shape index (κ2) is 8.25. The number of benzene rings is 1. The molecule has 0 spiro atoms. The van der Waals surface area contributed by atoms with Crippen molar-refractivity contribution < 1.29 is 14.3 Å². The molecule has 18 heavy (non-hydrogen) atoms. The summed E-state index contributed by atoms with van der Waals surface area (Å²) in [6.07, 6.45) is 0.266. The van der Waals surface area contributed by atoms with E-state index in [0.717, 1.165) is 0 Å². The Balaban J connectivity index is 2.18. The second-order valence-electron chi connectivity index (χ2n) is 3.71. The zero-order valence-electron chi connectivity index (χ0n) is 10.4. The van der Waals surface area contributed by atoms with Crippen molar-refractivity contribution in [3.8, 4) is 0 Å². The molecule has 0 fully saturated rings. The summed E-state index contributed by atoms with van der Waals surface area (Å²) in [5.41, 5.74) is 0.595. The number of carbonyl (C=O) groups is 2. The number of amides is 2. The maximum atomic E-state index is 11.6. The quantitative estimate of drug-likeness (QED) is 0.695. The predicted molar refractivity (Wildman–Crippen MR) is 68.3 cm³/mol. The number of nitrogens with one attached hydrogen (secondary N) is 2. The Morgan fingerprint density at radius 1 is 1.11 bits per heavy atom. The van der Waals surface area contributed by atoms with E-state index in [-0.39, 0.29) is 18.2 Å². The maximum Gasteiger partial charge on any atom is 0.251 e. The van der Waals surface area contributed by atoms with E-state index < -0.39 is 0 Å². The second-order valence-corrected chi connectivity index (χ2v) is 3.71. The van der Waals surface area contributed by atoms with Gasteiger partial charge in [0.05, 0.1) is 6.61 Å². The predicted octanol–water partition coefficient (Wildman–Crippen LogP) is 0.569. The maximum absolute atomic E-state index is 11.6. The third-order valence-electron chi connectivity index (χ3n) is 2.30. The summed E-state index contributed by atoms with van der Waals surface area (Å²) >= 11 is 0. The minimum Gasteiger partial charge on any atom is -0.383 e. The molecular formula is C13H18N2O3. The lowest BCUT2D eigenvalue weighted by atomic mass is 10.2. The molecule has 0 radical (unpaired) electrons. The average molecular weight is 250 g/mol. The van der Waals surface area contributed by atoms with Gasteiger partial charge in [-0.15, -0.1) is 0 Å². The van der Waals surface area contributed by atoms with Gasteiger partial charge in [-0.3, -0.25) is 9.59 Å². The van der Waals surface area contributed by atoms with Crippen LogP contribution in [0.5, 0.6) is 0 Å². The van der Waals surface area contributed by atoms with E-state index in [1.54, 1.807) is 31.4 Å². The van der Waals surface area contributed by atoms with Crippen LogP contribution in [0, 0.1) is 0 Å². The summed E-state index contributed by atoms with van der Waals surface area (Å²) in [4.78, 5) is 22.9. The molecule has 2 amide bonds. The van der Waals surface area contributed by atoms with Crippen molar-refractivity contribution in [2.45, 2.75) is 6.42 Å². The number of hydrogen-bond donors (Lipinski definition) is 2. The van der Waals surface area contributed by atoms with Gasteiger partial charge in [0.1, 0.15) is 0 Å². The highest BCUT2D eigenvalue weighted by Gasteiger charge is 2.05. The van der Waals surface area contributed by atoms with Gasteiger partial charge in [0.15, 0.2) is 0 Å². The van der Waals surface area contributed by atoms with Crippen molar-refractivity contribution in [3.63, 3.8) is 0 Å². The molecule has 1 aromatic rings. The van der Waals surface area contributed by atoms with Crippen LogP contribution in [-0.4, -0.2) is 38.6 Å². The fourth-order valence-electron chi connectivity index (χ4n) is 1.36. The van der Waals surface area contributed by atoms with E-state index in [0.29, 0.717) is 25.3 Å². The summed E-state index contributed by atoms with van der Waals surface area (Å²) < 4.78 is 4.81. The molecule has 0 aliphatic heterocycles. The molecule has 0 bridgehead atoms. The fraction of sp³-hybridized carbons (Fsp3) is 0.385. The van der Waals surface area contributed by atoms with Crippen LogP contribution in [-0.2, 0) is 9.53 Å². The molecule has 2 N–H and O–H groups in total. The highest BCUT2D eigenvalue weighted by Crippen LogP contribution is 1.97.